The van der Waals surface area contributed by atoms with Gasteiger partial charge in [0, 0.05) is 45.5 Å². The Morgan fingerprint density at radius 3 is 1.66 bits per heavy atom. The molecule has 0 aliphatic heterocycles. The topological polar surface area (TPSA) is 42.4 Å². The lowest BCUT2D eigenvalue weighted by atomic mass is 10.0. The van der Waals surface area contributed by atoms with Crippen LogP contribution in [-0.2, 0) is 0 Å². The van der Waals surface area contributed by atoms with Gasteiger partial charge in [0.05, 0.1) is 0 Å². The quantitative estimate of drug-likeness (QED) is 0.189. The lowest BCUT2D eigenvalue weighted by Gasteiger charge is -2.26. The van der Waals surface area contributed by atoms with Crippen LogP contribution in [0.15, 0.2) is 179 Å². The summed E-state index contributed by atoms with van der Waals surface area (Å²) in [5, 5.41) is 2.05. The molecule has 4 nitrogen and oxygen atoms in total. The van der Waals surface area contributed by atoms with Gasteiger partial charge in [0.1, 0.15) is 16.7 Å². The Morgan fingerprint density at radius 1 is 0.362 bits per heavy atom. The third kappa shape index (κ3) is 4.93. The number of hydrogen-bond acceptors (Lipinski definition) is 4. The number of furan rings is 1. The summed E-state index contributed by atoms with van der Waals surface area (Å²) in [6.07, 6.45) is 0. The molecule has 0 aliphatic rings. The minimum atomic E-state index is 0.603. The zero-order valence-electron chi connectivity index (χ0n) is 25.4. The maximum atomic E-state index is 6.49. The van der Waals surface area contributed by atoms with Crippen molar-refractivity contribution in [1.29, 1.82) is 0 Å². The number of oxazole rings is 1. The number of fused-ring (bicyclic) bond motifs is 4. The van der Waals surface area contributed by atoms with Crippen molar-refractivity contribution in [2.24, 2.45) is 0 Å². The van der Waals surface area contributed by atoms with Crippen LogP contribution in [0.3, 0.4) is 0 Å². The average molecular weight is 605 g/mol. The fraction of sp³-hybridized carbons (Fsp3) is 0. The highest BCUT2D eigenvalue weighted by Gasteiger charge is 2.18. The van der Waals surface area contributed by atoms with Crippen LogP contribution in [0.4, 0.5) is 17.1 Å². The first-order valence-corrected chi connectivity index (χ1v) is 15.7. The molecule has 0 radical (unpaired) electrons. The van der Waals surface area contributed by atoms with E-state index in [9.17, 15) is 0 Å². The van der Waals surface area contributed by atoms with Gasteiger partial charge in [0.25, 0.3) is 0 Å². The molecule has 9 aromatic rings. The largest absolute Gasteiger partial charge is 0.456 e. The van der Waals surface area contributed by atoms with Crippen LogP contribution < -0.4 is 4.90 Å². The van der Waals surface area contributed by atoms with Crippen molar-refractivity contribution in [2.45, 2.75) is 0 Å². The fourth-order valence-corrected chi connectivity index (χ4v) is 6.37. The summed E-state index contributed by atoms with van der Waals surface area (Å²) in [4.78, 5) is 7.08. The second kappa shape index (κ2) is 11.2. The van der Waals surface area contributed by atoms with Crippen molar-refractivity contribution in [3.05, 3.63) is 170 Å². The molecule has 4 heteroatoms. The van der Waals surface area contributed by atoms with Gasteiger partial charge < -0.3 is 13.7 Å². The number of anilines is 3. The van der Waals surface area contributed by atoms with Gasteiger partial charge >= 0.3 is 0 Å². The summed E-state index contributed by atoms with van der Waals surface area (Å²) in [7, 11) is 0. The van der Waals surface area contributed by atoms with E-state index in [1.807, 2.05) is 48.5 Å². The molecule has 0 fully saturated rings. The first-order valence-electron chi connectivity index (χ1n) is 15.7. The molecule has 0 bridgehead atoms. The first kappa shape index (κ1) is 27.0. The first-order chi connectivity index (χ1) is 23.3. The second-order valence-electron chi connectivity index (χ2n) is 11.6. The van der Waals surface area contributed by atoms with Crippen LogP contribution in [0, 0.1) is 0 Å². The third-order valence-corrected chi connectivity index (χ3v) is 8.69. The number of nitrogens with zero attached hydrogens (tertiary/aromatic N) is 2. The van der Waals surface area contributed by atoms with E-state index in [-0.39, 0.29) is 0 Å². The molecule has 0 saturated carbocycles. The van der Waals surface area contributed by atoms with Gasteiger partial charge in [0.2, 0.25) is 5.89 Å². The molecule has 47 heavy (non-hydrogen) atoms. The molecule has 0 N–H and O–H groups in total. The van der Waals surface area contributed by atoms with Crippen molar-refractivity contribution in [2.75, 3.05) is 4.90 Å². The van der Waals surface area contributed by atoms with Crippen LogP contribution in [0.1, 0.15) is 0 Å². The van der Waals surface area contributed by atoms with E-state index in [1.165, 1.54) is 16.7 Å². The Hall–Kier alpha value is -6.39. The number of rotatable bonds is 6. The smallest absolute Gasteiger partial charge is 0.227 e. The van der Waals surface area contributed by atoms with Crippen molar-refractivity contribution in [3.8, 4) is 33.7 Å². The van der Waals surface area contributed by atoms with Crippen molar-refractivity contribution >= 4 is 50.1 Å². The fourth-order valence-electron chi connectivity index (χ4n) is 6.37. The molecule has 0 spiro atoms. The molecular formula is C43H28N2O2. The second-order valence-corrected chi connectivity index (χ2v) is 11.6. The average Bonchev–Trinajstić information content (AvgIpc) is 3.72. The summed E-state index contributed by atoms with van der Waals surface area (Å²) < 4.78 is 12.6. The normalized spacial score (nSPS) is 11.4. The van der Waals surface area contributed by atoms with Gasteiger partial charge in [-0.15, -0.1) is 0 Å². The number of hydrogen-bond donors (Lipinski definition) is 0. The van der Waals surface area contributed by atoms with Crippen LogP contribution in [0.25, 0.3) is 66.7 Å². The minimum Gasteiger partial charge on any atom is -0.456 e. The monoisotopic (exact) mass is 604 g/mol. The molecule has 0 atom stereocenters. The number of aromatic nitrogens is 1. The van der Waals surface area contributed by atoms with E-state index >= 15 is 0 Å². The molecule has 7 aromatic carbocycles. The maximum absolute atomic E-state index is 6.49. The third-order valence-electron chi connectivity index (χ3n) is 8.69. The highest BCUT2D eigenvalue weighted by Crippen LogP contribution is 2.41. The van der Waals surface area contributed by atoms with E-state index in [0.717, 1.165) is 55.6 Å². The van der Waals surface area contributed by atoms with Gasteiger partial charge in [-0.05, 0) is 76.9 Å². The Kier molecular flexibility index (Phi) is 6.43. The van der Waals surface area contributed by atoms with Crippen molar-refractivity contribution in [1.82, 2.24) is 4.98 Å². The van der Waals surface area contributed by atoms with Crippen LogP contribution >= 0.6 is 0 Å². The van der Waals surface area contributed by atoms with E-state index in [1.54, 1.807) is 0 Å². The van der Waals surface area contributed by atoms with E-state index in [0.29, 0.717) is 11.5 Å². The molecular weight excluding hydrogens is 576 g/mol. The standard InChI is InChI=1S/C43H28N2O2/c1-4-11-29(12-5-1)31-19-21-34(22-20-31)45(35-18-10-17-33(25-35)30-13-6-2-7-14-30)36-23-24-37-38-27-39-42(28-41(38)46-40(37)26-36)47-43(44-39)32-15-8-3-9-16-32/h1-28H. The van der Waals surface area contributed by atoms with Crippen molar-refractivity contribution in [3.63, 3.8) is 0 Å². The predicted molar refractivity (Wildman–Crippen MR) is 192 cm³/mol. The van der Waals surface area contributed by atoms with Crippen LogP contribution in [0.2, 0.25) is 0 Å². The summed E-state index contributed by atoms with van der Waals surface area (Å²) in [5.74, 6) is 0.603. The molecule has 222 valence electrons. The summed E-state index contributed by atoms with van der Waals surface area (Å²) in [5.41, 5.74) is 11.8. The van der Waals surface area contributed by atoms with Crippen LogP contribution in [-0.4, -0.2) is 4.98 Å². The lowest BCUT2D eigenvalue weighted by molar-refractivity contribution is 0.617. The van der Waals surface area contributed by atoms with E-state index in [4.69, 9.17) is 13.8 Å². The molecule has 0 aliphatic carbocycles. The molecule has 0 saturated heterocycles. The SMILES string of the molecule is c1ccc(-c2ccc(N(c3cccc(-c4ccccc4)c3)c3ccc4c(c3)oc3cc5oc(-c6ccccc6)nc5cc34)cc2)cc1. The van der Waals surface area contributed by atoms with Gasteiger partial charge in [-0.3, -0.25) is 0 Å². The maximum Gasteiger partial charge on any atom is 0.227 e. The highest BCUT2D eigenvalue weighted by molar-refractivity contribution is 6.09. The molecule has 2 aromatic heterocycles. The van der Waals surface area contributed by atoms with Gasteiger partial charge in [-0.1, -0.05) is 103 Å². The Morgan fingerprint density at radius 2 is 0.936 bits per heavy atom. The molecule has 2 heterocycles. The highest BCUT2D eigenvalue weighted by atomic mass is 16.4. The predicted octanol–water partition coefficient (Wildman–Crippen LogP) is 12.2. The Balaban J connectivity index is 1.16. The Labute approximate surface area is 271 Å². The van der Waals surface area contributed by atoms with Gasteiger partial charge in [-0.25, -0.2) is 4.98 Å². The van der Waals surface area contributed by atoms with E-state index < -0.39 is 0 Å². The summed E-state index contributed by atoms with van der Waals surface area (Å²) in [6, 6.07) is 58.8. The van der Waals surface area contributed by atoms with Crippen molar-refractivity contribution < 1.29 is 8.83 Å². The zero-order valence-corrected chi connectivity index (χ0v) is 25.4. The van der Waals surface area contributed by atoms with Gasteiger partial charge in [-0.2, -0.15) is 0 Å². The lowest BCUT2D eigenvalue weighted by Crippen LogP contribution is -2.10. The van der Waals surface area contributed by atoms with Crippen LogP contribution in [0.5, 0.6) is 0 Å². The minimum absolute atomic E-state index is 0.603. The zero-order chi connectivity index (χ0) is 31.2. The Bertz CT molecular complexity index is 2500. The number of benzene rings is 7. The molecule has 9 rings (SSSR count). The molecule has 0 amide bonds. The van der Waals surface area contributed by atoms with Gasteiger partial charge in [0.15, 0.2) is 5.58 Å². The summed E-state index contributed by atoms with van der Waals surface area (Å²) in [6.45, 7) is 0. The van der Waals surface area contributed by atoms with E-state index in [2.05, 4.69) is 126 Å². The molecule has 0 unspecified atom stereocenters. The summed E-state index contributed by atoms with van der Waals surface area (Å²) >= 11 is 0.